The topological polar surface area (TPSA) is 6.48 Å². The first-order chi connectivity index (χ1) is 10.1. The van der Waals surface area contributed by atoms with E-state index in [0.717, 1.165) is 18.0 Å². The summed E-state index contributed by atoms with van der Waals surface area (Å²) in [7, 11) is 0. The highest BCUT2D eigenvalue weighted by Gasteiger charge is 2.50. The lowest BCUT2D eigenvalue weighted by Gasteiger charge is -2.43. The average molecular weight is 293 g/mol. The second-order valence-electron chi connectivity index (χ2n) is 8.67. The van der Waals surface area contributed by atoms with Crippen LogP contribution in [0.2, 0.25) is 0 Å². The molecule has 21 heavy (non-hydrogen) atoms. The van der Waals surface area contributed by atoms with Crippen LogP contribution in [0.1, 0.15) is 91.4 Å². The van der Waals surface area contributed by atoms with Gasteiger partial charge in [0.05, 0.1) is 0 Å². The molecule has 0 aromatic carbocycles. The molecule has 3 rings (SSSR count). The van der Waals surface area contributed by atoms with Gasteiger partial charge in [0.25, 0.3) is 0 Å². The van der Waals surface area contributed by atoms with Crippen molar-refractivity contribution in [3.8, 4) is 0 Å². The van der Waals surface area contributed by atoms with Crippen LogP contribution in [-0.2, 0) is 0 Å². The summed E-state index contributed by atoms with van der Waals surface area (Å²) in [5.74, 6) is 0.945. The van der Waals surface area contributed by atoms with Crippen molar-refractivity contribution in [1.29, 1.82) is 0 Å². The van der Waals surface area contributed by atoms with Gasteiger partial charge in [-0.3, -0.25) is 0 Å². The summed E-state index contributed by atoms with van der Waals surface area (Å²) in [5, 5.41) is 5.68. The van der Waals surface area contributed by atoms with Gasteiger partial charge in [-0.1, -0.05) is 44.9 Å². The van der Waals surface area contributed by atoms with Gasteiger partial charge in [0, 0.05) is 24.2 Å². The number of hydrogen-bond donors (Lipinski definition) is 0. The van der Waals surface area contributed by atoms with Crippen molar-refractivity contribution in [3.05, 3.63) is 0 Å². The maximum absolute atomic E-state index is 2.85. The van der Waals surface area contributed by atoms with Crippen molar-refractivity contribution in [2.24, 2.45) is 5.92 Å². The predicted octanol–water partition coefficient (Wildman–Crippen LogP) is 4.99. The Morgan fingerprint density at radius 1 is 0.667 bits per heavy atom. The van der Waals surface area contributed by atoms with E-state index in [0.29, 0.717) is 0 Å². The molecule has 0 amide bonds. The quantitative estimate of drug-likeness (QED) is 0.620. The Bertz CT molecular complexity index is 333. The lowest BCUT2D eigenvalue weighted by Crippen LogP contribution is -2.53. The van der Waals surface area contributed by atoms with Gasteiger partial charge in [0.1, 0.15) is 0 Å². The monoisotopic (exact) mass is 292 g/mol. The third-order valence-corrected chi connectivity index (χ3v) is 6.07. The number of hydrogen-bond acceptors (Lipinski definition) is 2. The van der Waals surface area contributed by atoms with Gasteiger partial charge < -0.3 is 0 Å². The standard InChI is InChI=1S/C19H36N2/c1-19(2,3)21-18-14-9-6-4-5-8-12-16(18)17-13-10-7-11-15-20(17)21/h16-18H,4-15H2,1-3H3. The Morgan fingerprint density at radius 3 is 1.95 bits per heavy atom. The first-order valence-electron chi connectivity index (χ1n) is 9.65. The molecule has 0 aromatic rings. The average Bonchev–Trinajstić information content (AvgIpc) is 2.59. The number of fused-ring (bicyclic) bond motifs is 3. The third-order valence-electron chi connectivity index (χ3n) is 6.07. The molecule has 2 saturated heterocycles. The summed E-state index contributed by atoms with van der Waals surface area (Å²) in [6.45, 7) is 8.62. The molecule has 3 aliphatic rings. The molecular formula is C19H36N2. The van der Waals surface area contributed by atoms with E-state index >= 15 is 0 Å². The molecule has 1 aliphatic carbocycles. The summed E-state index contributed by atoms with van der Waals surface area (Å²) in [6.07, 6.45) is 16.0. The Morgan fingerprint density at radius 2 is 1.24 bits per heavy atom. The summed E-state index contributed by atoms with van der Waals surface area (Å²) in [5.41, 5.74) is 0.288. The molecule has 2 heterocycles. The number of hydrazine groups is 1. The largest absolute Gasteiger partial charge is 0.238 e. The molecule has 0 spiro atoms. The summed E-state index contributed by atoms with van der Waals surface area (Å²) < 4.78 is 0. The van der Waals surface area contributed by atoms with Crippen molar-refractivity contribution in [2.75, 3.05) is 6.54 Å². The van der Waals surface area contributed by atoms with Gasteiger partial charge in [-0.15, -0.1) is 0 Å². The Balaban J connectivity index is 1.88. The predicted molar refractivity (Wildman–Crippen MR) is 90.2 cm³/mol. The second kappa shape index (κ2) is 6.58. The minimum absolute atomic E-state index is 0.288. The Kier molecular flexibility index (Phi) is 4.95. The molecule has 0 radical (unpaired) electrons. The normalized spacial score (nSPS) is 37.0. The van der Waals surface area contributed by atoms with Crippen LogP contribution in [0.3, 0.4) is 0 Å². The summed E-state index contributed by atoms with van der Waals surface area (Å²) in [6, 6.07) is 1.68. The molecule has 3 atom stereocenters. The van der Waals surface area contributed by atoms with Crippen molar-refractivity contribution in [3.63, 3.8) is 0 Å². The zero-order chi connectivity index (χ0) is 14.9. The fourth-order valence-corrected chi connectivity index (χ4v) is 5.32. The summed E-state index contributed by atoms with van der Waals surface area (Å²) in [4.78, 5) is 0. The molecule has 2 aliphatic heterocycles. The molecule has 0 aromatic heterocycles. The molecule has 122 valence electrons. The number of nitrogens with zero attached hydrogens (tertiary/aromatic N) is 2. The van der Waals surface area contributed by atoms with E-state index < -0.39 is 0 Å². The van der Waals surface area contributed by atoms with Crippen LogP contribution in [0.5, 0.6) is 0 Å². The lowest BCUT2D eigenvalue weighted by molar-refractivity contribution is -0.0928. The van der Waals surface area contributed by atoms with Crippen molar-refractivity contribution in [2.45, 2.75) is 109 Å². The van der Waals surface area contributed by atoms with E-state index in [9.17, 15) is 0 Å². The van der Waals surface area contributed by atoms with Crippen LogP contribution in [0.4, 0.5) is 0 Å². The zero-order valence-corrected chi connectivity index (χ0v) is 14.6. The molecule has 3 fully saturated rings. The molecule has 0 N–H and O–H groups in total. The maximum atomic E-state index is 2.85. The molecule has 1 saturated carbocycles. The smallest absolute Gasteiger partial charge is 0.0295 e. The van der Waals surface area contributed by atoms with Crippen LogP contribution in [-0.4, -0.2) is 34.2 Å². The van der Waals surface area contributed by atoms with Gasteiger partial charge >= 0.3 is 0 Å². The highest BCUT2D eigenvalue weighted by atomic mass is 15.7. The van der Waals surface area contributed by atoms with Crippen molar-refractivity contribution < 1.29 is 0 Å². The van der Waals surface area contributed by atoms with E-state index in [1.54, 1.807) is 0 Å². The van der Waals surface area contributed by atoms with E-state index in [1.165, 1.54) is 77.2 Å². The lowest BCUT2D eigenvalue weighted by atomic mass is 9.84. The molecular weight excluding hydrogens is 256 g/mol. The SMILES string of the molecule is CC(C)(C)N1C2CCCCCCCC2C2CCCCCN21. The van der Waals surface area contributed by atoms with Crippen molar-refractivity contribution >= 4 is 0 Å². The van der Waals surface area contributed by atoms with Gasteiger partial charge in [-0.25, -0.2) is 10.0 Å². The van der Waals surface area contributed by atoms with Gasteiger partial charge in [-0.05, 0) is 52.4 Å². The first-order valence-corrected chi connectivity index (χ1v) is 9.65. The van der Waals surface area contributed by atoms with E-state index in [4.69, 9.17) is 0 Å². The third kappa shape index (κ3) is 3.32. The van der Waals surface area contributed by atoms with Gasteiger partial charge in [0.2, 0.25) is 0 Å². The fourth-order valence-electron chi connectivity index (χ4n) is 5.32. The minimum Gasteiger partial charge on any atom is -0.238 e. The Labute approximate surface area is 132 Å². The van der Waals surface area contributed by atoms with Gasteiger partial charge in [0.15, 0.2) is 0 Å². The zero-order valence-electron chi connectivity index (χ0n) is 14.6. The van der Waals surface area contributed by atoms with Crippen LogP contribution < -0.4 is 0 Å². The summed E-state index contributed by atoms with van der Waals surface area (Å²) >= 11 is 0. The van der Waals surface area contributed by atoms with Crippen LogP contribution in [0.15, 0.2) is 0 Å². The highest BCUT2D eigenvalue weighted by molar-refractivity contribution is 4.99. The fraction of sp³-hybridized carbons (Fsp3) is 1.00. The Hall–Kier alpha value is -0.0800. The second-order valence-corrected chi connectivity index (χ2v) is 8.67. The van der Waals surface area contributed by atoms with E-state index in [-0.39, 0.29) is 5.54 Å². The molecule has 2 heteroatoms. The molecule has 0 bridgehead atoms. The van der Waals surface area contributed by atoms with Crippen LogP contribution >= 0.6 is 0 Å². The van der Waals surface area contributed by atoms with Crippen LogP contribution in [0, 0.1) is 5.92 Å². The van der Waals surface area contributed by atoms with E-state index in [2.05, 4.69) is 30.8 Å². The molecule has 2 nitrogen and oxygen atoms in total. The van der Waals surface area contributed by atoms with E-state index in [1.807, 2.05) is 0 Å². The first kappa shape index (κ1) is 15.8. The van der Waals surface area contributed by atoms with Crippen LogP contribution in [0.25, 0.3) is 0 Å². The highest BCUT2D eigenvalue weighted by Crippen LogP contribution is 2.44. The molecule has 3 unspecified atom stereocenters. The number of rotatable bonds is 0. The maximum Gasteiger partial charge on any atom is 0.0295 e. The van der Waals surface area contributed by atoms with Gasteiger partial charge in [-0.2, -0.15) is 0 Å². The minimum atomic E-state index is 0.288. The van der Waals surface area contributed by atoms with Crippen molar-refractivity contribution in [1.82, 2.24) is 10.0 Å².